The monoisotopic (exact) mass is 350 g/mol. The van der Waals surface area contributed by atoms with E-state index in [0.717, 1.165) is 0 Å². The van der Waals surface area contributed by atoms with Gasteiger partial charge in [0.1, 0.15) is 11.3 Å². The minimum Gasteiger partial charge on any atom is -0.347 e. The number of anilines is 2. The topological polar surface area (TPSA) is 13.0 Å². The first-order chi connectivity index (χ1) is 12.6. The van der Waals surface area contributed by atoms with Gasteiger partial charge < -0.3 is 9.80 Å². The van der Waals surface area contributed by atoms with E-state index in [9.17, 15) is 0 Å². The normalized spacial score (nSPS) is 35.5. The van der Waals surface area contributed by atoms with Crippen molar-refractivity contribution in [2.45, 2.75) is 49.1 Å². The molecule has 1 saturated carbocycles. The Morgan fingerprint density at radius 3 is 1.69 bits per heavy atom. The van der Waals surface area contributed by atoms with Gasteiger partial charge in [-0.1, -0.05) is 36.4 Å². The van der Waals surface area contributed by atoms with Gasteiger partial charge in [-0.15, -0.1) is 0 Å². The van der Waals surface area contributed by atoms with Gasteiger partial charge in [0.05, 0.1) is 11.4 Å². The molecule has 2 atom stereocenters. The predicted octanol–water partition coefficient (Wildman–Crippen LogP) is 3.28. The summed E-state index contributed by atoms with van der Waals surface area (Å²) in [6, 6.07) is 9.81. The molecule has 0 bridgehead atoms. The van der Waals surface area contributed by atoms with Gasteiger partial charge in [-0.25, -0.2) is 0 Å². The quantitative estimate of drug-likeness (QED) is 0.712. The molecule has 4 nitrogen and oxygen atoms in total. The van der Waals surface area contributed by atoms with Crippen molar-refractivity contribution in [1.29, 1.82) is 0 Å². The van der Waals surface area contributed by atoms with Crippen molar-refractivity contribution in [2.75, 3.05) is 38.0 Å². The van der Waals surface area contributed by atoms with E-state index < -0.39 is 0 Å². The molecule has 1 saturated heterocycles. The fourth-order valence-electron chi connectivity index (χ4n) is 6.63. The number of benzene rings is 1. The number of para-hydroxylation sites is 2. The van der Waals surface area contributed by atoms with Gasteiger partial charge in [0.2, 0.25) is 0 Å². The Hall–Kier alpha value is -1.78. The zero-order valence-corrected chi connectivity index (χ0v) is 16.4. The molecule has 2 aliphatic heterocycles. The third kappa shape index (κ3) is 1.64. The van der Waals surface area contributed by atoms with Gasteiger partial charge >= 0.3 is 0 Å². The van der Waals surface area contributed by atoms with Crippen LogP contribution in [0.15, 0.2) is 48.6 Å². The van der Waals surface area contributed by atoms with Crippen molar-refractivity contribution < 1.29 is 0 Å². The third-order valence-electron chi connectivity index (χ3n) is 7.80. The summed E-state index contributed by atoms with van der Waals surface area (Å²) in [4.78, 5) is 10.5. The van der Waals surface area contributed by atoms with E-state index in [4.69, 9.17) is 0 Å². The first kappa shape index (κ1) is 16.4. The number of rotatable bonds is 0. The Morgan fingerprint density at radius 1 is 0.731 bits per heavy atom. The Morgan fingerprint density at radius 2 is 1.19 bits per heavy atom. The summed E-state index contributed by atoms with van der Waals surface area (Å²) in [5.74, 6) is 0. The van der Waals surface area contributed by atoms with E-state index in [0.29, 0.717) is 12.1 Å². The molecule has 0 N–H and O–H groups in total. The Labute approximate surface area is 157 Å². The lowest BCUT2D eigenvalue weighted by molar-refractivity contribution is -0.0655. The van der Waals surface area contributed by atoms with Gasteiger partial charge in [0, 0.05) is 26.2 Å². The van der Waals surface area contributed by atoms with Crippen molar-refractivity contribution in [3.63, 3.8) is 0 Å². The zero-order valence-electron chi connectivity index (χ0n) is 16.4. The maximum absolute atomic E-state index is 2.68. The number of allylic oxidation sites excluding steroid dienone is 2. The molecular formula is C22H30N4. The lowest BCUT2D eigenvalue weighted by Crippen LogP contribution is -2.78. The SMILES string of the molecule is CN1c2ccccc2N(C)C12CCCCC21N(C)C2C=CC=CC2N1C. The van der Waals surface area contributed by atoms with Crippen LogP contribution in [0.25, 0.3) is 0 Å². The molecule has 2 aliphatic carbocycles. The molecule has 0 amide bonds. The van der Waals surface area contributed by atoms with Crippen LogP contribution in [0.5, 0.6) is 0 Å². The Bertz CT molecular complexity index is 729. The number of likely N-dealkylation sites (N-methyl/N-ethyl adjacent to an activating group) is 4. The smallest absolute Gasteiger partial charge is 0.145 e. The van der Waals surface area contributed by atoms with Gasteiger partial charge in [-0.05, 0) is 51.9 Å². The molecule has 1 aromatic rings. The number of hydrogen-bond donors (Lipinski definition) is 0. The summed E-state index contributed by atoms with van der Waals surface area (Å²) in [5.41, 5.74) is 2.66. The lowest BCUT2D eigenvalue weighted by Gasteiger charge is -2.62. The standard InChI is InChI=1S/C22H30N4/c1-23-17-11-5-6-12-18(17)24(2)21(23)15-9-10-16-22(21)25(3)19-13-7-8-14-20(19)26(22)4/h5-8,11-14,17-18H,9-10,15-16H2,1-4H3. The van der Waals surface area contributed by atoms with Gasteiger partial charge in [-0.2, -0.15) is 0 Å². The largest absolute Gasteiger partial charge is 0.347 e. The van der Waals surface area contributed by atoms with Crippen molar-refractivity contribution in [3.8, 4) is 0 Å². The second kappa shape index (κ2) is 5.37. The zero-order chi connectivity index (χ0) is 18.1. The van der Waals surface area contributed by atoms with Gasteiger partial charge in [0.15, 0.2) is 0 Å². The average Bonchev–Trinajstić information content (AvgIpc) is 3.03. The summed E-state index contributed by atoms with van der Waals surface area (Å²) in [5, 5.41) is 0. The number of fused-ring (bicyclic) bond motifs is 3. The van der Waals surface area contributed by atoms with Gasteiger partial charge in [-0.3, -0.25) is 9.80 Å². The molecule has 4 heteroatoms. The summed E-state index contributed by atoms with van der Waals surface area (Å²) in [7, 11) is 9.32. The van der Waals surface area contributed by atoms with Crippen LogP contribution in [-0.4, -0.2) is 61.4 Å². The molecule has 2 heterocycles. The highest BCUT2D eigenvalue weighted by Gasteiger charge is 2.69. The summed E-state index contributed by atoms with van der Waals surface area (Å²) in [6.45, 7) is 0. The minimum absolute atomic E-state index is 0.0118. The maximum atomic E-state index is 2.68. The Balaban J connectivity index is 1.72. The minimum atomic E-state index is -0.0442. The molecule has 1 aromatic carbocycles. The van der Waals surface area contributed by atoms with Crippen LogP contribution in [0.1, 0.15) is 25.7 Å². The molecule has 2 unspecified atom stereocenters. The fraction of sp³-hybridized carbons (Fsp3) is 0.545. The van der Waals surface area contributed by atoms with E-state index in [-0.39, 0.29) is 11.3 Å². The van der Waals surface area contributed by atoms with Crippen LogP contribution in [0, 0.1) is 0 Å². The molecule has 2 fully saturated rings. The maximum Gasteiger partial charge on any atom is 0.145 e. The van der Waals surface area contributed by atoms with Crippen LogP contribution in [0.4, 0.5) is 11.4 Å². The average molecular weight is 351 g/mol. The van der Waals surface area contributed by atoms with E-state index in [2.05, 4.69) is 96.4 Å². The molecule has 4 aliphatic rings. The fourth-order valence-corrected chi connectivity index (χ4v) is 6.63. The summed E-state index contributed by atoms with van der Waals surface area (Å²) in [6.07, 6.45) is 14.2. The van der Waals surface area contributed by atoms with E-state index >= 15 is 0 Å². The van der Waals surface area contributed by atoms with Gasteiger partial charge in [0.25, 0.3) is 0 Å². The second-order valence-corrected chi connectivity index (χ2v) is 8.42. The Kier molecular flexibility index (Phi) is 3.38. The summed E-state index contributed by atoms with van der Waals surface area (Å²) >= 11 is 0. The third-order valence-corrected chi connectivity index (χ3v) is 7.80. The van der Waals surface area contributed by atoms with E-state index in [1.165, 1.54) is 37.1 Å². The first-order valence-corrected chi connectivity index (χ1v) is 9.93. The highest BCUT2D eigenvalue weighted by atomic mass is 15.6. The second-order valence-electron chi connectivity index (χ2n) is 8.42. The predicted molar refractivity (Wildman–Crippen MR) is 109 cm³/mol. The molecule has 5 rings (SSSR count). The van der Waals surface area contributed by atoms with E-state index in [1.807, 2.05) is 0 Å². The summed E-state index contributed by atoms with van der Waals surface area (Å²) < 4.78 is 0. The highest BCUT2D eigenvalue weighted by molar-refractivity contribution is 5.80. The molecule has 2 spiro atoms. The van der Waals surface area contributed by atoms with Crippen molar-refractivity contribution in [2.24, 2.45) is 0 Å². The number of hydrogen-bond acceptors (Lipinski definition) is 4. The molecular weight excluding hydrogens is 320 g/mol. The van der Waals surface area contributed by atoms with Crippen molar-refractivity contribution in [3.05, 3.63) is 48.6 Å². The van der Waals surface area contributed by atoms with E-state index in [1.54, 1.807) is 0 Å². The lowest BCUT2D eigenvalue weighted by atomic mass is 9.75. The molecule has 138 valence electrons. The first-order valence-electron chi connectivity index (χ1n) is 9.93. The molecule has 26 heavy (non-hydrogen) atoms. The number of nitrogens with zero attached hydrogens (tertiary/aromatic N) is 4. The highest BCUT2D eigenvalue weighted by Crippen LogP contribution is 2.58. The van der Waals surface area contributed by atoms with Crippen LogP contribution in [0.3, 0.4) is 0 Å². The van der Waals surface area contributed by atoms with Crippen LogP contribution < -0.4 is 9.80 Å². The molecule has 0 radical (unpaired) electrons. The molecule has 0 aromatic heterocycles. The van der Waals surface area contributed by atoms with Crippen LogP contribution >= 0.6 is 0 Å². The van der Waals surface area contributed by atoms with Crippen LogP contribution in [0.2, 0.25) is 0 Å². The van der Waals surface area contributed by atoms with Crippen LogP contribution in [-0.2, 0) is 0 Å². The van der Waals surface area contributed by atoms with Crippen molar-refractivity contribution >= 4 is 11.4 Å². The van der Waals surface area contributed by atoms with Crippen molar-refractivity contribution in [1.82, 2.24) is 9.80 Å².